The van der Waals surface area contributed by atoms with Crippen LogP contribution in [-0.2, 0) is 24.2 Å². The second-order valence-corrected chi connectivity index (χ2v) is 14.4. The molecule has 1 unspecified atom stereocenters. The van der Waals surface area contributed by atoms with Crippen molar-refractivity contribution < 1.29 is 14.4 Å². The summed E-state index contributed by atoms with van der Waals surface area (Å²) in [7, 11) is 2.22. The largest absolute Gasteiger partial charge is 0.457 e. The number of likely N-dealkylation sites (tertiary alicyclic amines) is 1. The van der Waals surface area contributed by atoms with Crippen LogP contribution < -0.4 is 19.4 Å². The van der Waals surface area contributed by atoms with E-state index in [1.807, 2.05) is 35.2 Å². The van der Waals surface area contributed by atoms with Gasteiger partial charge in [-0.05, 0) is 36.1 Å². The van der Waals surface area contributed by atoms with Gasteiger partial charge in [0.05, 0.1) is 54.6 Å². The van der Waals surface area contributed by atoms with Crippen LogP contribution >= 0.6 is 24.2 Å². The van der Waals surface area contributed by atoms with Crippen molar-refractivity contribution >= 4 is 52.4 Å². The molecule has 0 bridgehead atoms. The fraction of sp³-hybridized carbons (Fsp3) is 0.432. The van der Waals surface area contributed by atoms with Gasteiger partial charge in [-0.1, -0.05) is 41.9 Å². The fourth-order valence-corrected chi connectivity index (χ4v) is 8.17. The van der Waals surface area contributed by atoms with Crippen molar-refractivity contribution in [3.8, 4) is 12.1 Å². The highest BCUT2D eigenvalue weighted by atomic mass is 35.5. The number of amides is 1. The summed E-state index contributed by atoms with van der Waals surface area (Å²) in [5.74, 6) is 0.767. The second-order valence-electron chi connectivity index (χ2n) is 13.3. The summed E-state index contributed by atoms with van der Waals surface area (Å²) < 4.78 is 6.37. The summed E-state index contributed by atoms with van der Waals surface area (Å²) in [4.78, 5) is 36.0. The lowest BCUT2D eigenvalue weighted by atomic mass is 10.0. The number of nitrogens with zero attached hydrogens (tertiary/aromatic N) is 7. The van der Waals surface area contributed by atoms with Crippen LogP contribution in [-0.4, -0.2) is 89.5 Å². The number of halogens is 1. The Bertz CT molecular complexity index is 1850. The summed E-state index contributed by atoms with van der Waals surface area (Å²) in [5, 5.41) is 12.1. The van der Waals surface area contributed by atoms with Gasteiger partial charge in [-0.25, -0.2) is 0 Å². The van der Waals surface area contributed by atoms with Gasteiger partial charge in [0.15, 0.2) is 0 Å². The number of fused-ring (bicyclic) bond motifs is 2. The Morgan fingerprint density at radius 3 is 2.76 bits per heavy atom. The Morgan fingerprint density at radius 2 is 1.98 bits per heavy atom. The summed E-state index contributed by atoms with van der Waals surface area (Å²) >= 11 is 11.4. The summed E-state index contributed by atoms with van der Waals surface area (Å²) in [6.07, 6.45) is 5.43. The number of nitriles is 1. The molecule has 4 atom stereocenters. The maximum absolute atomic E-state index is 13.7. The molecule has 254 valence electrons. The van der Waals surface area contributed by atoms with Crippen molar-refractivity contribution in [3.63, 3.8) is 0 Å². The first kappa shape index (κ1) is 33.4. The zero-order chi connectivity index (χ0) is 33.9. The first-order chi connectivity index (χ1) is 23.9. The Hall–Kier alpha value is -4.11. The topological polar surface area (TPSA) is 103 Å². The van der Waals surface area contributed by atoms with Crippen molar-refractivity contribution in [3.05, 3.63) is 82.8 Å². The van der Waals surface area contributed by atoms with Gasteiger partial charge < -0.3 is 24.3 Å². The Kier molecular flexibility index (Phi) is 10.1. The number of quaternary nitrogens is 1. The number of ether oxygens (including phenoxy) is 1. The monoisotopic (exact) mass is 697 g/mol. The Labute approximate surface area is 298 Å². The van der Waals surface area contributed by atoms with E-state index in [0.717, 1.165) is 70.2 Å². The minimum atomic E-state index is -0.543. The number of carbonyl (C=O) groups is 1. The third-order valence-corrected chi connectivity index (χ3v) is 11.0. The van der Waals surface area contributed by atoms with Crippen LogP contribution in [0.2, 0.25) is 5.02 Å². The van der Waals surface area contributed by atoms with Gasteiger partial charge >= 0.3 is 6.01 Å². The molecule has 10 nitrogen and oxygen atoms in total. The number of carbonyl (C=O) groups excluding carboxylic acids is 1. The molecule has 2 fully saturated rings. The van der Waals surface area contributed by atoms with Gasteiger partial charge in [-0.2, -0.15) is 27.9 Å². The molecular formula is C37H42ClN8O2S+. The number of hydrogen-bond donors (Lipinski definition) is 2. The van der Waals surface area contributed by atoms with E-state index >= 15 is 0 Å². The van der Waals surface area contributed by atoms with Gasteiger partial charge in [0.25, 0.3) is 0 Å². The van der Waals surface area contributed by atoms with Crippen LogP contribution in [0.3, 0.4) is 0 Å². The number of piperazine rings is 1. The molecule has 0 radical (unpaired) electrons. The predicted octanol–water partition coefficient (Wildman–Crippen LogP) is 3.77. The molecule has 5 heterocycles. The van der Waals surface area contributed by atoms with Gasteiger partial charge in [-0.3, -0.25) is 9.78 Å². The smallest absolute Gasteiger partial charge is 0.318 e. The van der Waals surface area contributed by atoms with Gasteiger partial charge in [-0.15, -0.1) is 0 Å². The van der Waals surface area contributed by atoms with E-state index in [-0.39, 0.29) is 18.4 Å². The molecule has 7 rings (SSSR count). The number of aromatic nitrogens is 3. The molecule has 1 amide bonds. The molecule has 3 aliphatic heterocycles. The summed E-state index contributed by atoms with van der Waals surface area (Å²) in [6, 6.07) is 20.8. The Morgan fingerprint density at radius 1 is 1.12 bits per heavy atom. The minimum Gasteiger partial charge on any atom is -0.457 e. The number of benzene rings is 2. The molecule has 12 heteroatoms. The third-order valence-electron chi connectivity index (χ3n) is 10.2. The molecule has 2 aromatic heterocycles. The quantitative estimate of drug-likeness (QED) is 0.255. The van der Waals surface area contributed by atoms with Crippen molar-refractivity contribution in [2.24, 2.45) is 0 Å². The molecule has 2 aromatic carbocycles. The SMILES string of the molecule is C[NH+]1CCC[C@H]1COc1nc2c(c(N3CCN(C(=O)[C@H](S)Cc4ccccn4)[C@@H](CC#N)C3)n1)CCN(c1cccc3cccc(Cl)c13)C2. The van der Waals surface area contributed by atoms with E-state index in [9.17, 15) is 10.1 Å². The number of hydrogen-bond acceptors (Lipinski definition) is 9. The standard InChI is InChI=1S/C37H41ClN8O2S/c1-43-17-6-10-28(43)24-48-37-41-31-23-44(32-12-5-8-25-7-4-11-30(38)34(25)32)18-14-29(31)35(42-37)45-19-20-46(27(22-45)13-15-39)36(47)33(49)21-26-9-2-3-16-40-26/h2-5,7-9,11-12,16,27-28,33,49H,6,10,13-14,17-24H2,1H3/p+1/t27-,28-,33+/m0/s1. The molecule has 0 saturated carbocycles. The number of likely N-dealkylation sites (N-methyl/N-ethyl adjacent to an activating group) is 1. The third kappa shape index (κ3) is 7.14. The number of nitrogens with one attached hydrogen (secondary N) is 1. The van der Waals surface area contributed by atoms with Crippen molar-refractivity contribution in [2.45, 2.75) is 56.0 Å². The fourth-order valence-electron chi connectivity index (χ4n) is 7.55. The molecule has 0 spiro atoms. The second kappa shape index (κ2) is 14.8. The van der Waals surface area contributed by atoms with Crippen LogP contribution in [0.4, 0.5) is 11.5 Å². The average molecular weight is 698 g/mol. The summed E-state index contributed by atoms with van der Waals surface area (Å²) in [6.45, 7) is 4.62. The number of thiol groups is 1. The highest BCUT2D eigenvalue weighted by molar-refractivity contribution is 7.81. The molecular weight excluding hydrogens is 656 g/mol. The molecule has 2 saturated heterocycles. The van der Waals surface area contributed by atoms with Crippen molar-refractivity contribution in [2.75, 3.05) is 56.2 Å². The lowest BCUT2D eigenvalue weighted by Gasteiger charge is -2.43. The minimum absolute atomic E-state index is 0.0739. The maximum Gasteiger partial charge on any atom is 0.318 e. The van der Waals surface area contributed by atoms with Crippen LogP contribution in [0, 0.1) is 11.3 Å². The highest BCUT2D eigenvalue weighted by Crippen LogP contribution is 2.37. The highest BCUT2D eigenvalue weighted by Gasteiger charge is 2.36. The van der Waals surface area contributed by atoms with Crippen molar-refractivity contribution in [1.29, 1.82) is 5.26 Å². The van der Waals surface area contributed by atoms with Crippen molar-refractivity contribution in [1.82, 2.24) is 19.9 Å². The summed E-state index contributed by atoms with van der Waals surface area (Å²) in [5.41, 5.74) is 3.93. The molecule has 3 aliphatic rings. The van der Waals surface area contributed by atoms with Gasteiger partial charge in [0, 0.05) is 74.0 Å². The van der Waals surface area contributed by atoms with Crippen LogP contribution in [0.25, 0.3) is 10.8 Å². The maximum atomic E-state index is 13.7. The molecule has 0 aliphatic carbocycles. The lowest BCUT2D eigenvalue weighted by Crippen LogP contribution is -3.11. The number of rotatable bonds is 9. The molecule has 4 aromatic rings. The van der Waals surface area contributed by atoms with Crippen LogP contribution in [0.5, 0.6) is 6.01 Å². The van der Waals surface area contributed by atoms with Crippen LogP contribution in [0.15, 0.2) is 60.8 Å². The Balaban J connectivity index is 1.17. The van der Waals surface area contributed by atoms with E-state index in [4.69, 9.17) is 26.3 Å². The van der Waals surface area contributed by atoms with E-state index in [1.165, 1.54) is 11.3 Å². The number of anilines is 2. The lowest BCUT2D eigenvalue weighted by molar-refractivity contribution is -0.892. The average Bonchev–Trinajstić information content (AvgIpc) is 3.54. The van der Waals surface area contributed by atoms with Crippen LogP contribution in [0.1, 0.15) is 36.2 Å². The zero-order valence-corrected chi connectivity index (χ0v) is 29.4. The molecule has 49 heavy (non-hydrogen) atoms. The predicted molar refractivity (Wildman–Crippen MR) is 195 cm³/mol. The normalized spacial score (nSPS) is 21.3. The first-order valence-electron chi connectivity index (χ1n) is 17.2. The first-order valence-corrected chi connectivity index (χ1v) is 18.1. The van der Waals surface area contributed by atoms with E-state index in [0.29, 0.717) is 51.3 Å². The van der Waals surface area contributed by atoms with Gasteiger partial charge in [0.1, 0.15) is 18.5 Å². The number of pyridine rings is 1. The van der Waals surface area contributed by atoms with Gasteiger partial charge in [0.2, 0.25) is 5.91 Å². The zero-order valence-electron chi connectivity index (χ0n) is 27.8. The van der Waals surface area contributed by atoms with E-state index < -0.39 is 5.25 Å². The van der Waals surface area contributed by atoms with E-state index in [2.05, 4.69) is 64.8 Å². The molecule has 1 N–H and O–H groups in total. The van der Waals surface area contributed by atoms with E-state index in [1.54, 1.807) is 6.20 Å².